The molecule has 0 radical (unpaired) electrons. The third-order valence-electron chi connectivity index (χ3n) is 4.09. The van der Waals surface area contributed by atoms with Crippen molar-refractivity contribution in [1.82, 2.24) is 0 Å². The summed E-state index contributed by atoms with van der Waals surface area (Å²) in [5.74, 6) is 10.7. The Morgan fingerprint density at radius 2 is 0.914 bits per heavy atom. The van der Waals surface area contributed by atoms with E-state index >= 15 is 0 Å². The van der Waals surface area contributed by atoms with E-state index < -0.39 is 34.3 Å². The van der Waals surface area contributed by atoms with Crippen LogP contribution in [0, 0.1) is 34.5 Å². The fourth-order valence-corrected chi connectivity index (χ4v) is 4.35. The van der Waals surface area contributed by atoms with Crippen molar-refractivity contribution in [3.8, 4) is 23.7 Å². The zero-order chi connectivity index (χ0) is 27.0. The maximum Gasteiger partial charge on any atom is 0.417 e. The van der Waals surface area contributed by atoms with Crippen LogP contribution in [0.15, 0.2) is 34.1 Å². The highest BCUT2D eigenvalue weighted by atomic mass is 35.5. The van der Waals surface area contributed by atoms with Crippen molar-refractivity contribution in [3.63, 3.8) is 0 Å². The van der Waals surface area contributed by atoms with Crippen molar-refractivity contribution >= 4 is 35.0 Å². The standard InChI is InChI=1S/C26H22Cl2F6S/c1-23(2,3)9-7-17-19(25(29,30)31)11-15(27)13-21(17)35-22-14-16(28)12-20(26(32,33)34)18(22)8-10-24(4,5)6/h11-14H,1-6H3. The fourth-order valence-electron chi connectivity index (χ4n) is 2.65. The Morgan fingerprint density at radius 1 is 0.600 bits per heavy atom. The van der Waals surface area contributed by atoms with Gasteiger partial charge in [0.2, 0.25) is 0 Å². The first-order valence-electron chi connectivity index (χ1n) is 10.2. The van der Waals surface area contributed by atoms with Gasteiger partial charge in [-0.05, 0) is 65.8 Å². The van der Waals surface area contributed by atoms with Crippen LogP contribution < -0.4 is 0 Å². The van der Waals surface area contributed by atoms with Gasteiger partial charge in [0.25, 0.3) is 0 Å². The van der Waals surface area contributed by atoms with Crippen LogP contribution in [0.3, 0.4) is 0 Å². The van der Waals surface area contributed by atoms with Crippen LogP contribution in [-0.2, 0) is 12.4 Å². The molecule has 0 aliphatic heterocycles. The lowest BCUT2D eigenvalue weighted by Gasteiger charge is -2.18. The van der Waals surface area contributed by atoms with Crippen molar-refractivity contribution < 1.29 is 26.3 Å². The van der Waals surface area contributed by atoms with Gasteiger partial charge >= 0.3 is 12.4 Å². The minimum Gasteiger partial charge on any atom is -0.166 e. The number of benzene rings is 2. The number of halogens is 8. The topological polar surface area (TPSA) is 0 Å². The maximum absolute atomic E-state index is 13.9. The van der Waals surface area contributed by atoms with Crippen LogP contribution in [0.2, 0.25) is 10.0 Å². The second-order valence-electron chi connectivity index (χ2n) is 9.75. The Balaban J connectivity index is 2.90. The molecule has 0 nitrogen and oxygen atoms in total. The second kappa shape index (κ2) is 10.2. The molecule has 0 saturated heterocycles. The molecule has 0 heterocycles. The van der Waals surface area contributed by atoms with Gasteiger partial charge in [0, 0.05) is 30.7 Å². The highest BCUT2D eigenvalue weighted by Crippen LogP contribution is 2.44. The highest BCUT2D eigenvalue weighted by molar-refractivity contribution is 7.99. The van der Waals surface area contributed by atoms with E-state index in [0.29, 0.717) is 11.8 Å². The largest absolute Gasteiger partial charge is 0.417 e. The molecule has 2 aromatic carbocycles. The van der Waals surface area contributed by atoms with Gasteiger partial charge in [-0.15, -0.1) is 0 Å². The molecular formula is C26H22Cl2F6S. The summed E-state index contributed by atoms with van der Waals surface area (Å²) in [5.41, 5.74) is -4.19. The molecule has 0 fully saturated rings. The van der Waals surface area contributed by atoms with E-state index in [9.17, 15) is 26.3 Å². The second-order valence-corrected chi connectivity index (χ2v) is 11.7. The molecule has 0 amide bonds. The fraction of sp³-hybridized carbons (Fsp3) is 0.385. The summed E-state index contributed by atoms with van der Waals surface area (Å²) in [6.07, 6.45) is -9.58. The molecule has 35 heavy (non-hydrogen) atoms. The maximum atomic E-state index is 13.9. The summed E-state index contributed by atoms with van der Waals surface area (Å²) in [6, 6.07) is 3.97. The van der Waals surface area contributed by atoms with Gasteiger partial charge in [-0.25, -0.2) is 0 Å². The Labute approximate surface area is 215 Å². The summed E-state index contributed by atoms with van der Waals surface area (Å²) in [4.78, 5) is -0.119. The number of alkyl halides is 6. The molecule has 0 spiro atoms. The van der Waals surface area contributed by atoms with Crippen LogP contribution in [0.1, 0.15) is 63.8 Å². The third-order valence-corrected chi connectivity index (χ3v) is 5.61. The van der Waals surface area contributed by atoms with Gasteiger partial charge in [-0.2, -0.15) is 26.3 Å². The Hall–Kier alpha value is -1.93. The number of hydrogen-bond acceptors (Lipinski definition) is 1. The lowest BCUT2D eigenvalue weighted by molar-refractivity contribution is -0.138. The first kappa shape index (κ1) is 29.3. The van der Waals surface area contributed by atoms with Gasteiger partial charge in [0.15, 0.2) is 0 Å². The minimum atomic E-state index is -4.79. The first-order chi connectivity index (χ1) is 15.7. The molecular weight excluding hydrogens is 529 g/mol. The normalized spacial score (nSPS) is 12.5. The molecule has 0 saturated carbocycles. The molecule has 0 N–H and O–H groups in total. The zero-order valence-corrected chi connectivity index (χ0v) is 22.1. The van der Waals surface area contributed by atoms with Crippen molar-refractivity contribution in [2.75, 3.05) is 0 Å². The van der Waals surface area contributed by atoms with E-state index in [2.05, 4.69) is 23.7 Å². The minimum absolute atomic E-state index is 0.0595. The van der Waals surface area contributed by atoms with Gasteiger partial charge in [-0.3, -0.25) is 0 Å². The Bertz CT molecular complexity index is 1140. The molecule has 0 unspecified atom stereocenters. The van der Waals surface area contributed by atoms with Gasteiger partial charge in [0.05, 0.1) is 22.3 Å². The SMILES string of the molecule is CC(C)(C)C#Cc1c(Sc2cc(Cl)cc(C(F)(F)F)c2C#CC(C)(C)C)cc(Cl)cc1C(F)(F)F. The average molecular weight is 551 g/mol. The summed E-state index contributed by atoms with van der Waals surface area (Å²) >= 11 is 12.6. The van der Waals surface area contributed by atoms with Crippen molar-refractivity contribution in [1.29, 1.82) is 0 Å². The first-order valence-corrected chi connectivity index (χ1v) is 11.8. The highest BCUT2D eigenvalue weighted by Gasteiger charge is 2.37. The summed E-state index contributed by atoms with van der Waals surface area (Å²) < 4.78 is 83.1. The summed E-state index contributed by atoms with van der Waals surface area (Å²) in [5, 5.41) is -0.469. The van der Waals surface area contributed by atoms with Gasteiger partial charge in [-0.1, -0.05) is 58.6 Å². The van der Waals surface area contributed by atoms with E-state index in [1.54, 1.807) is 41.5 Å². The smallest absolute Gasteiger partial charge is 0.166 e. The van der Waals surface area contributed by atoms with E-state index in [0.717, 1.165) is 12.1 Å². The molecule has 9 heteroatoms. The number of rotatable bonds is 2. The predicted octanol–water partition coefficient (Wildman–Crippen LogP) is 9.98. The van der Waals surface area contributed by atoms with Crippen molar-refractivity contribution in [2.24, 2.45) is 10.8 Å². The van der Waals surface area contributed by atoms with Crippen LogP contribution >= 0.6 is 35.0 Å². The third kappa shape index (κ3) is 8.60. The van der Waals surface area contributed by atoms with Crippen LogP contribution in [0.4, 0.5) is 26.3 Å². The molecule has 0 aliphatic carbocycles. The Morgan fingerprint density at radius 3 is 1.17 bits per heavy atom. The summed E-state index contributed by atoms with van der Waals surface area (Å²) in [6.45, 7) is 10.3. The molecule has 0 atom stereocenters. The quantitative estimate of drug-likeness (QED) is 0.264. The zero-order valence-electron chi connectivity index (χ0n) is 19.7. The summed E-state index contributed by atoms with van der Waals surface area (Å²) in [7, 11) is 0. The van der Waals surface area contributed by atoms with E-state index in [1.807, 2.05) is 0 Å². The lowest BCUT2D eigenvalue weighted by Crippen LogP contribution is -2.10. The van der Waals surface area contributed by atoms with E-state index in [4.69, 9.17) is 23.2 Å². The van der Waals surface area contributed by atoms with E-state index in [-0.39, 0.29) is 31.0 Å². The predicted molar refractivity (Wildman–Crippen MR) is 130 cm³/mol. The average Bonchev–Trinajstić information content (AvgIpc) is 2.62. The van der Waals surface area contributed by atoms with E-state index in [1.165, 1.54) is 12.1 Å². The number of hydrogen-bond donors (Lipinski definition) is 0. The van der Waals surface area contributed by atoms with Crippen molar-refractivity contribution in [3.05, 3.63) is 56.6 Å². The molecule has 2 rings (SSSR count). The van der Waals surface area contributed by atoms with Gasteiger partial charge < -0.3 is 0 Å². The molecule has 0 bridgehead atoms. The monoisotopic (exact) mass is 550 g/mol. The van der Waals surface area contributed by atoms with Crippen molar-refractivity contribution in [2.45, 2.75) is 63.7 Å². The van der Waals surface area contributed by atoms with Crippen LogP contribution in [0.5, 0.6) is 0 Å². The molecule has 0 aliphatic rings. The van der Waals surface area contributed by atoms with Crippen LogP contribution in [0.25, 0.3) is 0 Å². The molecule has 0 aromatic heterocycles. The lowest BCUT2D eigenvalue weighted by atomic mass is 9.96. The molecule has 2 aromatic rings. The Kier molecular flexibility index (Phi) is 8.55. The molecule has 188 valence electrons. The van der Waals surface area contributed by atoms with Crippen LogP contribution in [-0.4, -0.2) is 0 Å². The van der Waals surface area contributed by atoms with Gasteiger partial charge in [0.1, 0.15) is 0 Å².